The second-order valence-electron chi connectivity index (χ2n) is 4.20. The number of rotatable bonds is 2. The van der Waals surface area contributed by atoms with Gasteiger partial charge in [-0.1, -0.05) is 30.0 Å². The Hall–Kier alpha value is -1.55. The molecular formula is C16H14LiN. The van der Waals surface area contributed by atoms with Crippen molar-refractivity contribution in [3.8, 4) is 0 Å². The van der Waals surface area contributed by atoms with Crippen LogP contribution < -0.4 is 23.8 Å². The molecular weight excluding hydrogens is 213 g/mol. The second kappa shape index (κ2) is 5.39. The second-order valence-corrected chi connectivity index (χ2v) is 4.20. The Kier molecular flexibility index (Phi) is 3.86. The fourth-order valence-electron chi connectivity index (χ4n) is 2.22. The van der Waals surface area contributed by atoms with Gasteiger partial charge in [0.05, 0.1) is 0 Å². The maximum atomic E-state index is 2.22. The summed E-state index contributed by atoms with van der Waals surface area (Å²) < 4.78 is 0. The number of fused-ring (bicyclic) bond motifs is 1. The largest absolute Gasteiger partial charge is 1.00 e. The smallest absolute Gasteiger partial charge is 0.392 e. The van der Waals surface area contributed by atoms with E-state index in [1.807, 2.05) is 6.07 Å². The van der Waals surface area contributed by atoms with Gasteiger partial charge in [-0.05, 0) is 12.1 Å². The predicted octanol–water partition coefficient (Wildman–Crippen LogP) is 1.33. The first-order valence-electron chi connectivity index (χ1n) is 5.79. The van der Waals surface area contributed by atoms with Crippen LogP contribution in [0.1, 0.15) is 0 Å². The van der Waals surface area contributed by atoms with Crippen LogP contribution in [0.25, 0.3) is 10.8 Å². The van der Waals surface area contributed by atoms with Crippen LogP contribution in [0.5, 0.6) is 0 Å². The van der Waals surface area contributed by atoms with Gasteiger partial charge in [0, 0.05) is 12.7 Å². The van der Waals surface area contributed by atoms with Crippen LogP contribution in [0.2, 0.25) is 0 Å². The first-order valence-corrected chi connectivity index (χ1v) is 5.79. The van der Waals surface area contributed by atoms with E-state index in [9.17, 15) is 0 Å². The molecule has 0 aliphatic heterocycles. The number of anilines is 2. The molecule has 0 atom stereocenters. The fraction of sp³-hybridized carbons (Fsp3) is 0.0625. The van der Waals surface area contributed by atoms with E-state index < -0.39 is 0 Å². The van der Waals surface area contributed by atoms with Crippen LogP contribution in [0.15, 0.2) is 66.7 Å². The van der Waals surface area contributed by atoms with Crippen LogP contribution in [-0.2, 0) is 0 Å². The summed E-state index contributed by atoms with van der Waals surface area (Å²) in [5.41, 5.74) is 2.47. The summed E-state index contributed by atoms with van der Waals surface area (Å²) >= 11 is 0. The van der Waals surface area contributed by atoms with Crippen LogP contribution in [0.3, 0.4) is 0 Å². The van der Waals surface area contributed by atoms with E-state index in [0.29, 0.717) is 0 Å². The van der Waals surface area contributed by atoms with Gasteiger partial charge in [-0.15, -0.1) is 41.1 Å². The van der Waals surface area contributed by atoms with Crippen molar-refractivity contribution >= 4 is 22.1 Å². The Morgan fingerprint density at radius 3 is 2.33 bits per heavy atom. The minimum atomic E-state index is 0. The third-order valence-corrected chi connectivity index (χ3v) is 3.16. The van der Waals surface area contributed by atoms with E-state index in [4.69, 9.17) is 0 Å². The van der Waals surface area contributed by atoms with Crippen molar-refractivity contribution in [3.05, 3.63) is 66.7 Å². The molecule has 0 saturated heterocycles. The van der Waals surface area contributed by atoms with Gasteiger partial charge < -0.3 is 4.90 Å². The van der Waals surface area contributed by atoms with Gasteiger partial charge in [0.2, 0.25) is 0 Å². The molecule has 0 spiro atoms. The average Bonchev–Trinajstić information content (AvgIpc) is 2.83. The molecule has 0 aliphatic carbocycles. The van der Waals surface area contributed by atoms with Crippen molar-refractivity contribution in [1.29, 1.82) is 0 Å². The molecule has 0 bridgehead atoms. The molecule has 0 amide bonds. The Morgan fingerprint density at radius 2 is 1.56 bits per heavy atom. The van der Waals surface area contributed by atoms with Gasteiger partial charge in [-0.3, -0.25) is 0 Å². The molecule has 1 nitrogen and oxygen atoms in total. The molecule has 0 N–H and O–H groups in total. The van der Waals surface area contributed by atoms with Crippen molar-refractivity contribution in [2.75, 3.05) is 11.9 Å². The van der Waals surface area contributed by atoms with Crippen molar-refractivity contribution < 1.29 is 18.9 Å². The molecule has 0 fully saturated rings. The molecule has 0 unspecified atom stereocenters. The summed E-state index contributed by atoms with van der Waals surface area (Å²) in [4.78, 5) is 2.22. The summed E-state index contributed by atoms with van der Waals surface area (Å²) in [6.07, 6.45) is 0. The molecule has 84 valence electrons. The van der Waals surface area contributed by atoms with Crippen LogP contribution in [0, 0.1) is 0 Å². The van der Waals surface area contributed by atoms with Gasteiger partial charge >= 0.3 is 18.9 Å². The standard InChI is InChI=1S/C16H14N.Li/c1-17(14-8-3-2-4-9-14)16-12-11-13-7-5-6-10-15(13)16;/h2-12H,1H3;/q-1;+1. The van der Waals surface area contributed by atoms with E-state index in [1.165, 1.54) is 22.1 Å². The van der Waals surface area contributed by atoms with Gasteiger partial charge in [-0.25, -0.2) is 0 Å². The Balaban J connectivity index is 0.00000120. The zero-order chi connectivity index (χ0) is 11.7. The number of hydrogen-bond acceptors (Lipinski definition) is 1. The quantitative estimate of drug-likeness (QED) is 0.471. The third-order valence-electron chi connectivity index (χ3n) is 3.16. The normalized spacial score (nSPS) is 10.1. The monoisotopic (exact) mass is 227 g/mol. The summed E-state index contributed by atoms with van der Waals surface area (Å²) in [6.45, 7) is 0. The van der Waals surface area contributed by atoms with Gasteiger partial charge in [0.25, 0.3) is 0 Å². The topological polar surface area (TPSA) is 3.24 Å². The summed E-state index contributed by atoms with van der Waals surface area (Å²) in [7, 11) is 2.11. The number of benzene rings is 2. The Morgan fingerprint density at radius 1 is 0.889 bits per heavy atom. The minimum Gasteiger partial charge on any atom is -0.392 e. The van der Waals surface area contributed by atoms with Crippen molar-refractivity contribution in [1.82, 2.24) is 0 Å². The van der Waals surface area contributed by atoms with Gasteiger partial charge in [-0.2, -0.15) is 0 Å². The minimum absolute atomic E-state index is 0. The van der Waals surface area contributed by atoms with Crippen LogP contribution in [-0.4, -0.2) is 7.05 Å². The Bertz CT molecular complexity index is 628. The first kappa shape index (κ1) is 12.9. The van der Waals surface area contributed by atoms with Crippen LogP contribution >= 0.6 is 0 Å². The average molecular weight is 227 g/mol. The van der Waals surface area contributed by atoms with Crippen molar-refractivity contribution in [2.24, 2.45) is 0 Å². The maximum Gasteiger partial charge on any atom is 1.00 e. The molecule has 0 aliphatic rings. The molecule has 3 rings (SSSR count). The SMILES string of the molecule is CN(c1ccccc1)c1c[cH-]c2ccccc12.[Li+]. The maximum absolute atomic E-state index is 2.22. The van der Waals surface area contributed by atoms with Gasteiger partial charge in [0.1, 0.15) is 0 Å². The predicted molar refractivity (Wildman–Crippen MR) is 74.0 cm³/mol. The number of hydrogen-bond donors (Lipinski definition) is 0. The van der Waals surface area contributed by atoms with E-state index in [2.05, 4.69) is 72.6 Å². The molecule has 0 heterocycles. The van der Waals surface area contributed by atoms with E-state index in [-0.39, 0.29) is 18.9 Å². The molecule has 0 radical (unpaired) electrons. The molecule has 2 heteroatoms. The molecule has 3 aromatic rings. The van der Waals surface area contributed by atoms with E-state index in [0.717, 1.165) is 0 Å². The number of para-hydroxylation sites is 1. The molecule has 0 aromatic heterocycles. The van der Waals surface area contributed by atoms with Crippen molar-refractivity contribution in [2.45, 2.75) is 0 Å². The number of nitrogens with zero attached hydrogens (tertiary/aromatic N) is 1. The summed E-state index contributed by atoms with van der Waals surface area (Å²) in [5.74, 6) is 0. The summed E-state index contributed by atoms with van der Waals surface area (Å²) in [5, 5.41) is 2.60. The zero-order valence-electron chi connectivity index (χ0n) is 10.8. The molecule has 0 saturated carbocycles. The fourth-order valence-corrected chi connectivity index (χ4v) is 2.22. The van der Waals surface area contributed by atoms with Crippen molar-refractivity contribution in [3.63, 3.8) is 0 Å². The summed E-state index contributed by atoms with van der Waals surface area (Å²) in [6, 6.07) is 23.3. The first-order chi connectivity index (χ1) is 8.36. The van der Waals surface area contributed by atoms with Gasteiger partial charge in [0.15, 0.2) is 0 Å². The van der Waals surface area contributed by atoms with Crippen LogP contribution in [0.4, 0.5) is 11.4 Å². The zero-order valence-corrected chi connectivity index (χ0v) is 10.8. The third kappa shape index (κ3) is 2.20. The molecule has 18 heavy (non-hydrogen) atoms. The molecule has 3 aromatic carbocycles. The van der Waals surface area contributed by atoms with E-state index in [1.54, 1.807) is 0 Å². The Labute approximate surface area is 120 Å². The van der Waals surface area contributed by atoms with E-state index >= 15 is 0 Å².